The first-order valence-electron chi connectivity index (χ1n) is 9.01. The zero-order chi connectivity index (χ0) is 19.4. The number of nitrogens with zero attached hydrogens (tertiary/aromatic N) is 2. The first kappa shape index (κ1) is 19.3. The van der Waals surface area contributed by atoms with Crippen molar-refractivity contribution in [1.29, 1.82) is 0 Å². The molecule has 6 heteroatoms. The number of benzene rings is 2. The lowest BCUT2D eigenvalue weighted by molar-refractivity contribution is -0.132. The summed E-state index contributed by atoms with van der Waals surface area (Å²) >= 11 is 0. The van der Waals surface area contributed by atoms with E-state index in [0.717, 1.165) is 12.8 Å². The van der Waals surface area contributed by atoms with Crippen LogP contribution in [0.5, 0.6) is 5.75 Å². The highest BCUT2D eigenvalue weighted by Crippen LogP contribution is 2.28. The van der Waals surface area contributed by atoms with E-state index in [4.69, 9.17) is 4.74 Å². The predicted molar refractivity (Wildman–Crippen MR) is 99.3 cm³/mol. The van der Waals surface area contributed by atoms with Crippen molar-refractivity contribution >= 4 is 5.91 Å². The Kier molecular flexibility index (Phi) is 6.06. The standard InChI is InChI=1S/C21H24F2N2O2/c1-24(12-15-7-10-20(27-2)19(23)11-15)21(26)14-25(17-8-9-17)13-16-5-3-4-6-18(16)22/h3-7,10-11,17H,8-9,12-14H2,1-2H3. The van der Waals surface area contributed by atoms with Crippen molar-refractivity contribution in [2.75, 3.05) is 20.7 Å². The van der Waals surface area contributed by atoms with Gasteiger partial charge in [0.1, 0.15) is 5.82 Å². The number of halogens is 2. The molecule has 27 heavy (non-hydrogen) atoms. The highest BCUT2D eigenvalue weighted by atomic mass is 19.1. The van der Waals surface area contributed by atoms with Crippen molar-refractivity contribution in [2.45, 2.75) is 32.0 Å². The molecule has 0 unspecified atom stereocenters. The zero-order valence-electron chi connectivity index (χ0n) is 15.6. The largest absolute Gasteiger partial charge is 0.494 e. The van der Waals surface area contributed by atoms with E-state index in [9.17, 15) is 13.6 Å². The Morgan fingerprint density at radius 1 is 1.11 bits per heavy atom. The average molecular weight is 374 g/mol. The summed E-state index contributed by atoms with van der Waals surface area (Å²) in [6, 6.07) is 11.6. The lowest BCUT2D eigenvalue weighted by Gasteiger charge is -2.25. The fourth-order valence-electron chi connectivity index (χ4n) is 3.06. The number of carbonyl (C=O) groups excluding carboxylic acids is 1. The first-order chi connectivity index (χ1) is 13.0. The molecule has 0 heterocycles. The number of carbonyl (C=O) groups is 1. The highest BCUT2D eigenvalue weighted by molar-refractivity contribution is 5.78. The molecule has 0 bridgehead atoms. The normalized spacial score (nSPS) is 13.7. The van der Waals surface area contributed by atoms with Crippen LogP contribution in [0.3, 0.4) is 0 Å². The number of rotatable bonds is 8. The average Bonchev–Trinajstić information content (AvgIpc) is 3.48. The van der Waals surface area contributed by atoms with Gasteiger partial charge in [-0.25, -0.2) is 8.78 Å². The van der Waals surface area contributed by atoms with Gasteiger partial charge in [0.2, 0.25) is 5.91 Å². The lowest BCUT2D eigenvalue weighted by atomic mass is 10.2. The van der Waals surface area contributed by atoms with Crippen LogP contribution in [0.2, 0.25) is 0 Å². The van der Waals surface area contributed by atoms with Crippen molar-refractivity contribution in [1.82, 2.24) is 9.80 Å². The summed E-state index contributed by atoms with van der Waals surface area (Å²) in [5, 5.41) is 0. The van der Waals surface area contributed by atoms with Crippen LogP contribution in [0.25, 0.3) is 0 Å². The molecule has 0 spiro atoms. The molecule has 0 saturated heterocycles. The van der Waals surface area contributed by atoms with E-state index < -0.39 is 5.82 Å². The summed E-state index contributed by atoms with van der Waals surface area (Å²) in [6.45, 7) is 0.931. The van der Waals surface area contributed by atoms with Crippen molar-refractivity contribution < 1.29 is 18.3 Å². The van der Waals surface area contributed by atoms with Gasteiger partial charge in [0.25, 0.3) is 0 Å². The molecule has 0 radical (unpaired) electrons. The molecule has 1 saturated carbocycles. The molecule has 2 aromatic rings. The Labute approximate surface area is 158 Å². The van der Waals surface area contributed by atoms with Crippen LogP contribution < -0.4 is 4.74 Å². The van der Waals surface area contributed by atoms with Gasteiger partial charge in [-0.2, -0.15) is 0 Å². The molecule has 1 aliphatic carbocycles. The van der Waals surface area contributed by atoms with Gasteiger partial charge in [0.15, 0.2) is 11.6 Å². The SMILES string of the molecule is COc1ccc(CN(C)C(=O)CN(Cc2ccccc2F)C2CC2)cc1F. The van der Waals surface area contributed by atoms with Gasteiger partial charge in [-0.3, -0.25) is 9.69 Å². The van der Waals surface area contributed by atoms with Gasteiger partial charge in [-0.1, -0.05) is 24.3 Å². The van der Waals surface area contributed by atoms with Gasteiger partial charge >= 0.3 is 0 Å². The number of ether oxygens (including phenoxy) is 1. The zero-order valence-corrected chi connectivity index (χ0v) is 15.6. The van der Waals surface area contributed by atoms with E-state index in [2.05, 4.69) is 0 Å². The Hall–Kier alpha value is -2.47. The molecule has 2 aromatic carbocycles. The second-order valence-corrected chi connectivity index (χ2v) is 6.95. The Balaban J connectivity index is 1.61. The third-order valence-corrected chi connectivity index (χ3v) is 4.79. The number of methoxy groups -OCH3 is 1. The van der Waals surface area contributed by atoms with Crippen LogP contribution in [-0.2, 0) is 17.9 Å². The summed E-state index contributed by atoms with van der Waals surface area (Å²) in [5.41, 5.74) is 1.29. The Morgan fingerprint density at radius 3 is 2.48 bits per heavy atom. The summed E-state index contributed by atoms with van der Waals surface area (Å²) in [6.07, 6.45) is 2.05. The molecular formula is C21H24F2N2O2. The second-order valence-electron chi connectivity index (χ2n) is 6.95. The van der Waals surface area contributed by atoms with E-state index >= 15 is 0 Å². The molecule has 4 nitrogen and oxygen atoms in total. The van der Waals surface area contributed by atoms with Crippen molar-refractivity contribution in [3.63, 3.8) is 0 Å². The highest BCUT2D eigenvalue weighted by Gasteiger charge is 2.31. The third-order valence-electron chi connectivity index (χ3n) is 4.79. The topological polar surface area (TPSA) is 32.8 Å². The molecule has 0 atom stereocenters. The second kappa shape index (κ2) is 8.48. The molecular weight excluding hydrogens is 350 g/mol. The quantitative estimate of drug-likeness (QED) is 0.708. The minimum atomic E-state index is -0.449. The van der Waals surface area contributed by atoms with Gasteiger partial charge in [0.05, 0.1) is 13.7 Å². The third kappa shape index (κ3) is 5.04. The lowest BCUT2D eigenvalue weighted by Crippen LogP contribution is -2.39. The monoisotopic (exact) mass is 374 g/mol. The minimum absolute atomic E-state index is 0.0746. The van der Waals surface area contributed by atoms with Crippen LogP contribution in [0.15, 0.2) is 42.5 Å². The van der Waals surface area contributed by atoms with E-state index in [1.54, 1.807) is 42.3 Å². The van der Waals surface area contributed by atoms with E-state index in [0.29, 0.717) is 30.3 Å². The van der Waals surface area contributed by atoms with Gasteiger partial charge in [-0.15, -0.1) is 0 Å². The Morgan fingerprint density at radius 2 is 1.85 bits per heavy atom. The van der Waals surface area contributed by atoms with Crippen LogP contribution in [0.4, 0.5) is 8.78 Å². The number of hydrogen-bond donors (Lipinski definition) is 0. The van der Waals surface area contributed by atoms with Crippen LogP contribution in [0, 0.1) is 11.6 Å². The van der Waals surface area contributed by atoms with Gasteiger partial charge in [-0.05, 0) is 36.6 Å². The van der Waals surface area contributed by atoms with Crippen LogP contribution in [0.1, 0.15) is 24.0 Å². The van der Waals surface area contributed by atoms with Gasteiger partial charge in [0, 0.05) is 31.7 Å². The molecule has 0 aromatic heterocycles. The maximum absolute atomic E-state index is 13.9. The summed E-state index contributed by atoms with van der Waals surface area (Å²) in [4.78, 5) is 16.2. The Bertz CT molecular complexity index is 809. The molecule has 1 fully saturated rings. The summed E-state index contributed by atoms with van der Waals surface area (Å²) in [5.74, 6) is -0.598. The maximum Gasteiger partial charge on any atom is 0.236 e. The maximum atomic E-state index is 13.9. The number of hydrogen-bond acceptors (Lipinski definition) is 3. The fourth-order valence-corrected chi connectivity index (χ4v) is 3.06. The summed E-state index contributed by atoms with van der Waals surface area (Å²) < 4.78 is 32.7. The van der Waals surface area contributed by atoms with E-state index in [1.807, 2.05) is 4.90 Å². The number of likely N-dealkylation sites (N-methyl/N-ethyl adjacent to an activating group) is 1. The number of amides is 1. The van der Waals surface area contributed by atoms with Gasteiger partial charge < -0.3 is 9.64 Å². The molecule has 0 aliphatic heterocycles. The van der Waals surface area contributed by atoms with Crippen LogP contribution >= 0.6 is 0 Å². The van der Waals surface area contributed by atoms with Crippen LogP contribution in [-0.4, -0.2) is 42.5 Å². The smallest absolute Gasteiger partial charge is 0.236 e. The first-order valence-corrected chi connectivity index (χ1v) is 9.01. The fraction of sp³-hybridized carbons (Fsp3) is 0.381. The minimum Gasteiger partial charge on any atom is -0.494 e. The molecule has 1 aliphatic rings. The van der Waals surface area contributed by atoms with E-state index in [-0.39, 0.29) is 24.0 Å². The van der Waals surface area contributed by atoms with Crippen molar-refractivity contribution in [3.8, 4) is 5.75 Å². The molecule has 144 valence electrons. The molecule has 3 rings (SSSR count). The predicted octanol–water partition coefficient (Wildman–Crippen LogP) is 3.60. The van der Waals surface area contributed by atoms with Crippen molar-refractivity contribution in [2.24, 2.45) is 0 Å². The molecule has 1 amide bonds. The van der Waals surface area contributed by atoms with E-state index in [1.165, 1.54) is 19.2 Å². The van der Waals surface area contributed by atoms with Crippen molar-refractivity contribution in [3.05, 3.63) is 65.2 Å². The molecule has 0 N–H and O–H groups in total. The summed E-state index contributed by atoms with van der Waals surface area (Å²) in [7, 11) is 3.11.